The molecule has 0 spiro atoms. The maximum atomic E-state index is 11.9. The van der Waals surface area contributed by atoms with E-state index in [1.165, 1.54) is 5.56 Å². The van der Waals surface area contributed by atoms with Gasteiger partial charge in [-0.05, 0) is 36.6 Å². The first-order valence-corrected chi connectivity index (χ1v) is 9.23. The van der Waals surface area contributed by atoms with Crippen molar-refractivity contribution in [2.75, 3.05) is 11.9 Å². The van der Waals surface area contributed by atoms with E-state index in [1.54, 1.807) is 6.08 Å². The van der Waals surface area contributed by atoms with Crippen molar-refractivity contribution in [1.82, 2.24) is 15.5 Å². The van der Waals surface area contributed by atoms with Gasteiger partial charge in [-0.3, -0.25) is 0 Å². The highest BCUT2D eigenvalue weighted by molar-refractivity contribution is 5.89. The van der Waals surface area contributed by atoms with Gasteiger partial charge >= 0.3 is 6.03 Å². The van der Waals surface area contributed by atoms with Crippen LogP contribution < -0.4 is 10.6 Å². The van der Waals surface area contributed by atoms with Gasteiger partial charge in [-0.1, -0.05) is 61.0 Å². The van der Waals surface area contributed by atoms with Gasteiger partial charge in [-0.15, -0.1) is 0 Å². The molecule has 0 saturated carbocycles. The van der Waals surface area contributed by atoms with Crippen molar-refractivity contribution in [2.24, 2.45) is 5.92 Å². The second-order valence-electron chi connectivity index (χ2n) is 7.01. The fourth-order valence-corrected chi connectivity index (χ4v) is 2.47. The SMILES string of the molecule is Cc1ccc(/C=C/c2nc(-c3cccc(NC(=O)NCC(C)C)c3)no2)cc1. The predicted octanol–water partition coefficient (Wildman–Crippen LogP) is 4.99. The Labute approximate surface area is 164 Å². The van der Waals surface area contributed by atoms with Crippen molar-refractivity contribution >= 4 is 23.9 Å². The van der Waals surface area contributed by atoms with Crippen LogP contribution in [0, 0.1) is 12.8 Å². The molecule has 3 rings (SSSR count). The van der Waals surface area contributed by atoms with Crippen molar-refractivity contribution in [3.63, 3.8) is 0 Å². The number of urea groups is 1. The summed E-state index contributed by atoms with van der Waals surface area (Å²) in [5.74, 6) is 1.28. The number of hydrogen-bond donors (Lipinski definition) is 2. The maximum Gasteiger partial charge on any atom is 0.319 e. The molecule has 2 amide bonds. The summed E-state index contributed by atoms with van der Waals surface area (Å²) < 4.78 is 5.30. The standard InChI is InChI=1S/C22H24N4O2/c1-15(2)14-23-22(27)24-19-6-4-5-18(13-19)21-25-20(28-26-21)12-11-17-9-7-16(3)8-10-17/h4-13,15H,14H2,1-3H3,(H2,23,24,27)/b12-11+. The lowest BCUT2D eigenvalue weighted by Gasteiger charge is -2.09. The van der Waals surface area contributed by atoms with Gasteiger partial charge in [0.25, 0.3) is 5.89 Å². The Morgan fingerprint density at radius 3 is 2.68 bits per heavy atom. The molecular weight excluding hydrogens is 352 g/mol. The summed E-state index contributed by atoms with van der Waals surface area (Å²) >= 11 is 0. The van der Waals surface area contributed by atoms with Crippen LogP contribution in [0.15, 0.2) is 53.1 Å². The van der Waals surface area contributed by atoms with Gasteiger partial charge in [-0.2, -0.15) is 4.98 Å². The second-order valence-corrected chi connectivity index (χ2v) is 7.01. The van der Waals surface area contributed by atoms with Crippen LogP contribution in [-0.4, -0.2) is 22.7 Å². The Balaban J connectivity index is 1.67. The molecule has 1 aromatic heterocycles. The predicted molar refractivity (Wildman–Crippen MR) is 112 cm³/mol. The van der Waals surface area contributed by atoms with Crippen molar-refractivity contribution < 1.29 is 9.32 Å². The summed E-state index contributed by atoms with van der Waals surface area (Å²) in [6, 6.07) is 15.3. The van der Waals surface area contributed by atoms with E-state index in [2.05, 4.69) is 39.8 Å². The fraction of sp³-hybridized carbons (Fsp3) is 0.227. The number of aromatic nitrogens is 2. The molecule has 0 aliphatic carbocycles. The summed E-state index contributed by atoms with van der Waals surface area (Å²) in [7, 11) is 0. The van der Waals surface area contributed by atoms with Crippen molar-refractivity contribution in [3.05, 3.63) is 65.5 Å². The highest BCUT2D eigenvalue weighted by atomic mass is 16.5. The first-order chi connectivity index (χ1) is 13.5. The summed E-state index contributed by atoms with van der Waals surface area (Å²) in [6.07, 6.45) is 3.70. The minimum Gasteiger partial charge on any atom is -0.338 e. The normalized spacial score (nSPS) is 11.1. The Morgan fingerprint density at radius 1 is 1.14 bits per heavy atom. The number of nitrogens with one attached hydrogen (secondary N) is 2. The summed E-state index contributed by atoms with van der Waals surface area (Å²) in [5, 5.41) is 9.66. The van der Waals surface area contributed by atoms with Gasteiger partial charge in [0, 0.05) is 23.9 Å². The molecule has 0 atom stereocenters. The van der Waals surface area contributed by atoms with Crippen molar-refractivity contribution in [2.45, 2.75) is 20.8 Å². The lowest BCUT2D eigenvalue weighted by Crippen LogP contribution is -2.31. The second kappa shape index (κ2) is 8.99. The first kappa shape index (κ1) is 19.4. The zero-order valence-corrected chi connectivity index (χ0v) is 16.3. The monoisotopic (exact) mass is 376 g/mol. The molecule has 0 bridgehead atoms. The van der Waals surface area contributed by atoms with Gasteiger partial charge in [0.15, 0.2) is 0 Å². The van der Waals surface area contributed by atoms with E-state index in [0.717, 1.165) is 11.1 Å². The molecule has 3 aromatic rings. The Hall–Kier alpha value is -3.41. The highest BCUT2D eigenvalue weighted by Gasteiger charge is 2.09. The van der Waals surface area contributed by atoms with Crippen LogP contribution in [0.25, 0.3) is 23.5 Å². The summed E-state index contributed by atoms with van der Waals surface area (Å²) in [5.41, 5.74) is 3.70. The van der Waals surface area contributed by atoms with Crippen LogP contribution in [0.3, 0.4) is 0 Å². The largest absolute Gasteiger partial charge is 0.338 e. The van der Waals surface area contributed by atoms with E-state index >= 15 is 0 Å². The third-order valence-corrected chi connectivity index (χ3v) is 3.99. The number of carbonyl (C=O) groups is 1. The highest BCUT2D eigenvalue weighted by Crippen LogP contribution is 2.20. The molecule has 0 aliphatic rings. The van der Waals surface area contributed by atoms with E-state index in [0.29, 0.717) is 29.9 Å². The fourth-order valence-electron chi connectivity index (χ4n) is 2.47. The molecule has 144 valence electrons. The quantitative estimate of drug-likeness (QED) is 0.635. The number of aryl methyl sites for hydroxylation is 1. The average Bonchev–Trinajstić information content (AvgIpc) is 3.15. The van der Waals surface area contributed by atoms with E-state index in [4.69, 9.17) is 4.52 Å². The molecule has 28 heavy (non-hydrogen) atoms. The van der Waals surface area contributed by atoms with Crippen LogP contribution in [0.1, 0.15) is 30.9 Å². The number of anilines is 1. The first-order valence-electron chi connectivity index (χ1n) is 9.23. The molecule has 6 heteroatoms. The molecule has 0 aliphatic heterocycles. The Kier molecular flexibility index (Phi) is 6.22. The minimum atomic E-state index is -0.235. The third kappa shape index (κ3) is 5.54. The number of benzene rings is 2. The van der Waals surface area contributed by atoms with Crippen LogP contribution in [0.5, 0.6) is 0 Å². The molecule has 1 heterocycles. The number of hydrogen-bond acceptors (Lipinski definition) is 4. The number of amides is 2. The minimum absolute atomic E-state index is 0.235. The number of carbonyl (C=O) groups excluding carboxylic acids is 1. The Bertz CT molecular complexity index is 959. The van der Waals surface area contributed by atoms with Crippen LogP contribution in [0.2, 0.25) is 0 Å². The van der Waals surface area contributed by atoms with Gasteiger partial charge < -0.3 is 15.2 Å². The summed E-state index contributed by atoms with van der Waals surface area (Å²) in [4.78, 5) is 16.3. The van der Waals surface area contributed by atoms with Gasteiger partial charge in [0.1, 0.15) is 0 Å². The Morgan fingerprint density at radius 2 is 1.93 bits per heavy atom. The molecular formula is C22H24N4O2. The average molecular weight is 376 g/mol. The van der Waals surface area contributed by atoms with Crippen molar-refractivity contribution in [3.8, 4) is 11.4 Å². The van der Waals surface area contributed by atoms with Crippen molar-refractivity contribution in [1.29, 1.82) is 0 Å². The van der Waals surface area contributed by atoms with E-state index in [1.807, 2.05) is 56.3 Å². The molecule has 0 radical (unpaired) electrons. The van der Waals surface area contributed by atoms with Crippen LogP contribution >= 0.6 is 0 Å². The van der Waals surface area contributed by atoms with E-state index in [9.17, 15) is 4.79 Å². The maximum absolute atomic E-state index is 11.9. The third-order valence-electron chi connectivity index (χ3n) is 3.99. The molecule has 0 fully saturated rings. The lowest BCUT2D eigenvalue weighted by atomic mass is 10.1. The molecule has 6 nitrogen and oxygen atoms in total. The van der Waals surface area contributed by atoms with Gasteiger partial charge in [0.05, 0.1) is 0 Å². The molecule has 0 saturated heterocycles. The topological polar surface area (TPSA) is 80.0 Å². The molecule has 2 aromatic carbocycles. The van der Waals surface area contributed by atoms with Gasteiger partial charge in [0.2, 0.25) is 5.82 Å². The summed E-state index contributed by atoms with van der Waals surface area (Å²) in [6.45, 7) is 6.76. The van der Waals surface area contributed by atoms with E-state index < -0.39 is 0 Å². The van der Waals surface area contributed by atoms with E-state index in [-0.39, 0.29) is 6.03 Å². The zero-order valence-electron chi connectivity index (χ0n) is 16.3. The zero-order chi connectivity index (χ0) is 19.9. The number of rotatable bonds is 6. The smallest absolute Gasteiger partial charge is 0.319 e. The molecule has 0 unspecified atom stereocenters. The lowest BCUT2D eigenvalue weighted by molar-refractivity contribution is 0.251. The van der Waals surface area contributed by atoms with Gasteiger partial charge in [-0.25, -0.2) is 4.79 Å². The van der Waals surface area contributed by atoms with Crippen LogP contribution in [-0.2, 0) is 0 Å². The van der Waals surface area contributed by atoms with Crippen LogP contribution in [0.4, 0.5) is 10.5 Å². The number of nitrogens with zero attached hydrogens (tertiary/aromatic N) is 2. The molecule has 2 N–H and O–H groups in total.